The van der Waals surface area contributed by atoms with Crippen LogP contribution >= 0.6 is 0 Å². The summed E-state index contributed by atoms with van der Waals surface area (Å²) in [4.78, 5) is 18.0. The summed E-state index contributed by atoms with van der Waals surface area (Å²) >= 11 is 0. The van der Waals surface area contributed by atoms with Gasteiger partial charge < -0.3 is 10.6 Å². The highest BCUT2D eigenvalue weighted by molar-refractivity contribution is 5.81. The van der Waals surface area contributed by atoms with Crippen molar-refractivity contribution in [1.29, 1.82) is 0 Å². The van der Waals surface area contributed by atoms with Crippen LogP contribution in [-0.2, 0) is 11.3 Å². The Kier molecular flexibility index (Phi) is 4.05. The monoisotopic (exact) mass is 238 g/mol. The molecule has 7 nitrogen and oxygen atoms in total. The Morgan fingerprint density at radius 1 is 1.59 bits per heavy atom. The van der Waals surface area contributed by atoms with Crippen LogP contribution in [0, 0.1) is 0 Å². The lowest BCUT2D eigenvalue weighted by Crippen LogP contribution is -2.52. The summed E-state index contributed by atoms with van der Waals surface area (Å²) in [5, 5.41) is 12.6. The number of H-pyrrole nitrogens is 1. The van der Waals surface area contributed by atoms with Crippen molar-refractivity contribution >= 4 is 5.91 Å². The van der Waals surface area contributed by atoms with Gasteiger partial charge in [-0.25, -0.2) is 4.98 Å². The van der Waals surface area contributed by atoms with Gasteiger partial charge in [0.1, 0.15) is 12.2 Å². The van der Waals surface area contributed by atoms with Crippen molar-refractivity contribution in [3.63, 3.8) is 0 Å². The van der Waals surface area contributed by atoms with Crippen LogP contribution in [0.15, 0.2) is 6.33 Å². The second-order valence-corrected chi connectivity index (χ2v) is 4.11. The molecule has 94 valence electrons. The van der Waals surface area contributed by atoms with Crippen LogP contribution in [0.25, 0.3) is 0 Å². The van der Waals surface area contributed by atoms with E-state index in [1.54, 1.807) is 0 Å². The standard InChI is InChI=1S/C10H18N6O/c1-8(16-4-2-11-3-5-16)10(17)12-6-9-13-7-14-15-9/h7-8,11H,2-6H2,1H3,(H,12,17)(H,13,14,15). The van der Waals surface area contributed by atoms with Gasteiger partial charge in [-0.15, -0.1) is 0 Å². The summed E-state index contributed by atoms with van der Waals surface area (Å²) in [6, 6.07) is -0.0972. The lowest BCUT2D eigenvalue weighted by molar-refractivity contribution is -0.126. The number of rotatable bonds is 4. The highest BCUT2D eigenvalue weighted by Crippen LogP contribution is 2.01. The van der Waals surface area contributed by atoms with Crippen LogP contribution in [0.2, 0.25) is 0 Å². The molecule has 1 unspecified atom stereocenters. The van der Waals surface area contributed by atoms with Crippen molar-refractivity contribution in [2.75, 3.05) is 26.2 Å². The first-order valence-electron chi connectivity index (χ1n) is 5.84. The zero-order valence-corrected chi connectivity index (χ0v) is 9.94. The zero-order valence-electron chi connectivity index (χ0n) is 9.94. The van der Waals surface area contributed by atoms with Crippen molar-refractivity contribution in [2.24, 2.45) is 0 Å². The molecule has 0 aliphatic carbocycles. The summed E-state index contributed by atoms with van der Waals surface area (Å²) in [5.41, 5.74) is 0. The molecule has 2 heterocycles. The van der Waals surface area contributed by atoms with E-state index in [0.29, 0.717) is 12.4 Å². The predicted octanol–water partition coefficient (Wildman–Crippen LogP) is -1.29. The molecule has 7 heteroatoms. The number of aromatic nitrogens is 3. The lowest BCUT2D eigenvalue weighted by atomic mass is 10.2. The van der Waals surface area contributed by atoms with Gasteiger partial charge in [-0.1, -0.05) is 0 Å². The molecule has 1 aromatic rings. The summed E-state index contributed by atoms with van der Waals surface area (Å²) in [6.45, 7) is 6.05. The highest BCUT2D eigenvalue weighted by Gasteiger charge is 2.22. The number of nitrogens with zero attached hydrogens (tertiary/aromatic N) is 3. The van der Waals surface area contributed by atoms with E-state index < -0.39 is 0 Å². The Bertz CT molecular complexity index is 346. The second-order valence-electron chi connectivity index (χ2n) is 4.11. The maximum absolute atomic E-state index is 11.9. The Hall–Kier alpha value is -1.47. The molecule has 17 heavy (non-hydrogen) atoms. The topological polar surface area (TPSA) is 85.9 Å². The van der Waals surface area contributed by atoms with Gasteiger partial charge in [-0.05, 0) is 6.92 Å². The normalized spacial score (nSPS) is 18.9. The Morgan fingerprint density at radius 2 is 2.35 bits per heavy atom. The number of nitrogens with one attached hydrogen (secondary N) is 3. The minimum atomic E-state index is -0.0972. The van der Waals surface area contributed by atoms with Crippen molar-refractivity contribution in [3.05, 3.63) is 12.2 Å². The summed E-state index contributed by atoms with van der Waals surface area (Å²) < 4.78 is 0. The van der Waals surface area contributed by atoms with E-state index in [9.17, 15) is 4.79 Å². The predicted molar refractivity (Wildman–Crippen MR) is 62.1 cm³/mol. The van der Waals surface area contributed by atoms with Gasteiger partial charge in [0.05, 0.1) is 12.6 Å². The first kappa shape index (κ1) is 12.0. The average Bonchev–Trinajstić information content (AvgIpc) is 2.89. The average molecular weight is 238 g/mol. The number of aromatic amines is 1. The van der Waals surface area contributed by atoms with Crippen LogP contribution < -0.4 is 10.6 Å². The van der Waals surface area contributed by atoms with Gasteiger partial charge in [0, 0.05) is 26.2 Å². The second kappa shape index (κ2) is 5.74. The van der Waals surface area contributed by atoms with E-state index in [0.717, 1.165) is 26.2 Å². The summed E-state index contributed by atoms with van der Waals surface area (Å²) in [5.74, 6) is 0.703. The molecule has 1 atom stereocenters. The number of hydrogen-bond donors (Lipinski definition) is 3. The molecule has 2 rings (SSSR count). The van der Waals surface area contributed by atoms with Crippen LogP contribution in [0.1, 0.15) is 12.7 Å². The number of amides is 1. The molecule has 0 radical (unpaired) electrons. The quantitative estimate of drug-likeness (QED) is 0.608. The van der Waals surface area contributed by atoms with Crippen molar-refractivity contribution in [1.82, 2.24) is 30.7 Å². The minimum Gasteiger partial charge on any atom is -0.347 e. The van der Waals surface area contributed by atoms with Gasteiger partial charge in [-0.3, -0.25) is 14.8 Å². The first-order chi connectivity index (χ1) is 8.27. The van der Waals surface area contributed by atoms with Gasteiger partial charge in [0.25, 0.3) is 0 Å². The molecular weight excluding hydrogens is 220 g/mol. The third-order valence-electron chi connectivity index (χ3n) is 2.97. The van der Waals surface area contributed by atoms with Crippen molar-refractivity contribution < 1.29 is 4.79 Å². The SMILES string of the molecule is CC(C(=O)NCc1ncn[nH]1)N1CCNCC1. The molecule has 1 aliphatic rings. The number of carbonyl (C=O) groups excluding carboxylic acids is 1. The zero-order chi connectivity index (χ0) is 12.1. The van der Waals surface area contributed by atoms with Crippen LogP contribution in [0.3, 0.4) is 0 Å². The number of piperazine rings is 1. The van der Waals surface area contributed by atoms with Gasteiger partial charge >= 0.3 is 0 Å². The first-order valence-corrected chi connectivity index (χ1v) is 5.84. The van der Waals surface area contributed by atoms with Crippen LogP contribution in [0.5, 0.6) is 0 Å². The van der Waals surface area contributed by atoms with E-state index in [4.69, 9.17) is 0 Å². The fourth-order valence-electron chi connectivity index (χ4n) is 1.87. The highest BCUT2D eigenvalue weighted by atomic mass is 16.2. The van der Waals surface area contributed by atoms with Gasteiger partial charge in [0.2, 0.25) is 5.91 Å². The smallest absolute Gasteiger partial charge is 0.237 e. The van der Waals surface area contributed by atoms with Crippen molar-refractivity contribution in [2.45, 2.75) is 19.5 Å². The van der Waals surface area contributed by atoms with Crippen LogP contribution in [0.4, 0.5) is 0 Å². The summed E-state index contributed by atoms with van der Waals surface area (Å²) in [7, 11) is 0. The van der Waals surface area contributed by atoms with E-state index in [-0.39, 0.29) is 11.9 Å². The molecule has 1 amide bonds. The minimum absolute atomic E-state index is 0.0308. The third kappa shape index (κ3) is 3.24. The van der Waals surface area contributed by atoms with Crippen LogP contribution in [-0.4, -0.2) is 58.2 Å². The maximum Gasteiger partial charge on any atom is 0.237 e. The molecule has 1 aliphatic heterocycles. The lowest BCUT2D eigenvalue weighted by Gasteiger charge is -2.31. The molecule has 0 aromatic carbocycles. The fourth-order valence-corrected chi connectivity index (χ4v) is 1.87. The molecule has 0 spiro atoms. The van der Waals surface area contributed by atoms with Crippen molar-refractivity contribution in [3.8, 4) is 0 Å². The molecular formula is C10H18N6O. The Morgan fingerprint density at radius 3 is 3.00 bits per heavy atom. The maximum atomic E-state index is 11.9. The molecule has 0 bridgehead atoms. The number of carbonyl (C=O) groups is 1. The molecule has 1 fully saturated rings. The van der Waals surface area contributed by atoms with E-state index in [2.05, 4.69) is 30.7 Å². The molecule has 3 N–H and O–H groups in total. The molecule has 1 aromatic heterocycles. The summed E-state index contributed by atoms with van der Waals surface area (Å²) in [6.07, 6.45) is 1.43. The van der Waals surface area contributed by atoms with Gasteiger partial charge in [-0.2, -0.15) is 5.10 Å². The van der Waals surface area contributed by atoms with E-state index in [1.807, 2.05) is 6.92 Å². The van der Waals surface area contributed by atoms with E-state index in [1.165, 1.54) is 6.33 Å². The third-order valence-corrected chi connectivity index (χ3v) is 2.97. The van der Waals surface area contributed by atoms with Gasteiger partial charge in [0.15, 0.2) is 0 Å². The Balaban J connectivity index is 1.78. The molecule has 0 saturated carbocycles. The number of hydrogen-bond acceptors (Lipinski definition) is 5. The largest absolute Gasteiger partial charge is 0.347 e. The fraction of sp³-hybridized carbons (Fsp3) is 0.700. The van der Waals surface area contributed by atoms with E-state index >= 15 is 0 Å². The Labute approximate surface area is 100.0 Å². The molecule has 1 saturated heterocycles.